The number of nitrogens with zero attached hydrogens (tertiary/aromatic N) is 3. The molecule has 1 amide bonds. The second-order valence-corrected chi connectivity index (χ2v) is 6.58. The van der Waals surface area contributed by atoms with Gasteiger partial charge in [-0.1, -0.05) is 33.1 Å². The fourth-order valence-corrected chi connectivity index (χ4v) is 3.50. The van der Waals surface area contributed by atoms with Gasteiger partial charge in [0.25, 0.3) is 0 Å². The Morgan fingerprint density at radius 2 is 1.95 bits per heavy atom. The fraction of sp³-hybridized carbons (Fsp3) is 0.750. The minimum atomic E-state index is 0.303. The molecule has 1 aliphatic heterocycles. The van der Waals surface area contributed by atoms with Gasteiger partial charge in [-0.3, -0.25) is 4.79 Å². The van der Waals surface area contributed by atoms with Crippen molar-refractivity contribution in [3.63, 3.8) is 0 Å². The average Bonchev–Trinajstić information content (AvgIpc) is 2.87. The lowest BCUT2D eigenvalue weighted by molar-refractivity contribution is -0.142. The molecule has 2 heterocycles. The predicted octanol–water partition coefficient (Wildman–Crippen LogP) is 2.97. The summed E-state index contributed by atoms with van der Waals surface area (Å²) in [4.78, 5) is 18.9. The maximum Gasteiger partial charge on any atom is 0.225 e. The highest BCUT2D eigenvalue weighted by atomic mass is 16.2. The lowest BCUT2D eigenvalue weighted by atomic mass is 9.87. The van der Waals surface area contributed by atoms with Crippen molar-refractivity contribution in [2.45, 2.75) is 57.9 Å². The van der Waals surface area contributed by atoms with Crippen LogP contribution in [0.2, 0.25) is 0 Å². The van der Waals surface area contributed by atoms with Crippen molar-refractivity contribution < 1.29 is 4.79 Å². The smallest absolute Gasteiger partial charge is 0.225 e. The van der Waals surface area contributed by atoms with Crippen molar-refractivity contribution in [1.82, 2.24) is 14.5 Å². The summed E-state index contributed by atoms with van der Waals surface area (Å²) >= 11 is 0. The van der Waals surface area contributed by atoms with E-state index in [0.29, 0.717) is 23.8 Å². The van der Waals surface area contributed by atoms with E-state index in [1.165, 1.54) is 19.3 Å². The lowest BCUT2D eigenvalue weighted by Crippen LogP contribution is -2.53. The van der Waals surface area contributed by atoms with Crippen molar-refractivity contribution in [2.75, 3.05) is 13.1 Å². The van der Waals surface area contributed by atoms with Gasteiger partial charge in [-0.05, 0) is 12.8 Å². The average molecular weight is 275 g/mol. The van der Waals surface area contributed by atoms with Crippen LogP contribution in [0.5, 0.6) is 0 Å². The molecule has 0 N–H and O–H groups in total. The Balaban J connectivity index is 1.58. The Morgan fingerprint density at radius 1 is 1.25 bits per heavy atom. The number of amides is 1. The number of hydrogen-bond acceptors (Lipinski definition) is 2. The van der Waals surface area contributed by atoms with Crippen molar-refractivity contribution in [1.29, 1.82) is 0 Å². The predicted molar refractivity (Wildman–Crippen MR) is 78.5 cm³/mol. The molecule has 0 unspecified atom stereocenters. The van der Waals surface area contributed by atoms with Crippen LogP contribution in [-0.4, -0.2) is 33.4 Å². The molecular weight excluding hydrogens is 250 g/mol. The molecule has 1 aromatic heterocycles. The molecule has 1 aliphatic carbocycles. The molecule has 4 nitrogen and oxygen atoms in total. The molecule has 0 radical (unpaired) electrons. The summed E-state index contributed by atoms with van der Waals surface area (Å²) in [6.45, 7) is 6.07. The molecule has 3 rings (SSSR count). The summed E-state index contributed by atoms with van der Waals surface area (Å²) in [6.07, 6.45) is 9.90. The fourth-order valence-electron chi connectivity index (χ4n) is 3.50. The third kappa shape index (κ3) is 2.48. The Hall–Kier alpha value is -1.32. The van der Waals surface area contributed by atoms with E-state index in [0.717, 1.165) is 31.8 Å². The summed E-state index contributed by atoms with van der Waals surface area (Å²) in [5.74, 6) is 2.28. The number of carbonyl (C=O) groups is 1. The van der Waals surface area contributed by atoms with Crippen LogP contribution in [-0.2, 0) is 4.79 Å². The number of imidazole rings is 1. The van der Waals surface area contributed by atoms with Crippen LogP contribution in [0.3, 0.4) is 0 Å². The van der Waals surface area contributed by atoms with Gasteiger partial charge in [0.1, 0.15) is 5.82 Å². The van der Waals surface area contributed by atoms with Crippen molar-refractivity contribution >= 4 is 5.91 Å². The van der Waals surface area contributed by atoms with E-state index in [4.69, 9.17) is 0 Å². The normalized spacial score (nSPS) is 21.2. The monoisotopic (exact) mass is 275 g/mol. The zero-order chi connectivity index (χ0) is 14.1. The first-order valence-corrected chi connectivity index (χ1v) is 7.98. The number of carbonyl (C=O) groups excluding carboxylic acids is 1. The minimum Gasteiger partial charge on any atom is -0.338 e. The summed E-state index contributed by atoms with van der Waals surface area (Å²) in [5.41, 5.74) is 0. The van der Waals surface area contributed by atoms with Crippen LogP contribution in [0.4, 0.5) is 0 Å². The van der Waals surface area contributed by atoms with Gasteiger partial charge in [0.2, 0.25) is 5.91 Å². The lowest BCUT2D eigenvalue weighted by Gasteiger charge is -2.42. The third-order valence-corrected chi connectivity index (χ3v) is 4.74. The van der Waals surface area contributed by atoms with Crippen LogP contribution >= 0.6 is 0 Å². The summed E-state index contributed by atoms with van der Waals surface area (Å²) in [6, 6.07) is 0.433. The van der Waals surface area contributed by atoms with Gasteiger partial charge in [0.05, 0.1) is 6.04 Å². The Kier molecular flexibility index (Phi) is 3.81. The molecular formula is C16H25N3O. The van der Waals surface area contributed by atoms with E-state index in [-0.39, 0.29) is 0 Å². The standard InChI is InChI=1S/C16H25N3O/c1-12(2)15-17-8-9-19(15)14-10-18(11-14)16(20)13-6-4-3-5-7-13/h8-9,12-14H,3-7,10-11H2,1-2H3. The van der Waals surface area contributed by atoms with Crippen LogP contribution in [0.15, 0.2) is 12.4 Å². The van der Waals surface area contributed by atoms with E-state index >= 15 is 0 Å². The molecule has 2 fully saturated rings. The highest BCUT2D eigenvalue weighted by molar-refractivity contribution is 5.79. The number of likely N-dealkylation sites (tertiary alicyclic amines) is 1. The van der Waals surface area contributed by atoms with Gasteiger partial charge in [-0.2, -0.15) is 0 Å². The van der Waals surface area contributed by atoms with Crippen LogP contribution in [0.25, 0.3) is 0 Å². The van der Waals surface area contributed by atoms with E-state index < -0.39 is 0 Å². The maximum absolute atomic E-state index is 12.4. The highest BCUT2D eigenvalue weighted by Crippen LogP contribution is 2.31. The maximum atomic E-state index is 12.4. The Morgan fingerprint density at radius 3 is 2.60 bits per heavy atom. The van der Waals surface area contributed by atoms with Gasteiger partial charge < -0.3 is 9.47 Å². The molecule has 2 aliphatic rings. The van der Waals surface area contributed by atoms with Crippen LogP contribution < -0.4 is 0 Å². The van der Waals surface area contributed by atoms with Crippen LogP contribution in [0.1, 0.15) is 63.7 Å². The topological polar surface area (TPSA) is 38.1 Å². The van der Waals surface area contributed by atoms with E-state index in [1.807, 2.05) is 11.1 Å². The highest BCUT2D eigenvalue weighted by Gasteiger charge is 2.36. The molecule has 0 aromatic carbocycles. The van der Waals surface area contributed by atoms with Crippen molar-refractivity contribution in [3.05, 3.63) is 18.2 Å². The zero-order valence-electron chi connectivity index (χ0n) is 12.6. The summed E-state index contributed by atoms with van der Waals surface area (Å²) < 4.78 is 2.26. The molecule has 0 spiro atoms. The van der Waals surface area contributed by atoms with E-state index in [9.17, 15) is 4.79 Å². The van der Waals surface area contributed by atoms with Crippen molar-refractivity contribution in [2.24, 2.45) is 5.92 Å². The Bertz CT molecular complexity index is 468. The van der Waals surface area contributed by atoms with Crippen molar-refractivity contribution in [3.8, 4) is 0 Å². The first-order valence-electron chi connectivity index (χ1n) is 7.98. The second-order valence-electron chi connectivity index (χ2n) is 6.58. The number of rotatable bonds is 3. The number of aromatic nitrogens is 2. The van der Waals surface area contributed by atoms with Gasteiger partial charge in [-0.15, -0.1) is 0 Å². The second kappa shape index (κ2) is 5.58. The third-order valence-electron chi connectivity index (χ3n) is 4.74. The zero-order valence-corrected chi connectivity index (χ0v) is 12.6. The van der Waals surface area contributed by atoms with Gasteiger partial charge in [0, 0.05) is 37.3 Å². The molecule has 0 atom stereocenters. The largest absolute Gasteiger partial charge is 0.338 e. The Labute approximate surface area is 121 Å². The minimum absolute atomic E-state index is 0.303. The molecule has 1 aromatic rings. The molecule has 1 saturated carbocycles. The molecule has 0 bridgehead atoms. The summed E-state index contributed by atoms with van der Waals surface area (Å²) in [5, 5.41) is 0. The molecule has 20 heavy (non-hydrogen) atoms. The first-order chi connectivity index (χ1) is 9.66. The van der Waals surface area contributed by atoms with Gasteiger partial charge in [-0.25, -0.2) is 4.98 Å². The molecule has 4 heteroatoms. The SMILES string of the molecule is CC(C)c1nccn1C1CN(C(=O)C2CCCCC2)C1. The summed E-state index contributed by atoms with van der Waals surface area (Å²) in [7, 11) is 0. The molecule has 110 valence electrons. The van der Waals surface area contributed by atoms with E-state index in [2.05, 4.69) is 29.6 Å². The first kappa shape index (κ1) is 13.7. The van der Waals surface area contributed by atoms with Crippen LogP contribution in [0, 0.1) is 5.92 Å². The molecule has 1 saturated heterocycles. The van der Waals surface area contributed by atoms with Gasteiger partial charge in [0.15, 0.2) is 0 Å². The number of hydrogen-bond donors (Lipinski definition) is 0. The van der Waals surface area contributed by atoms with Gasteiger partial charge >= 0.3 is 0 Å². The van der Waals surface area contributed by atoms with E-state index in [1.54, 1.807) is 0 Å². The quantitative estimate of drug-likeness (QED) is 0.850.